The Kier molecular flexibility index (Phi) is 10.2. The van der Waals surface area contributed by atoms with Gasteiger partial charge in [0.15, 0.2) is 0 Å². The molecule has 0 aliphatic heterocycles. The highest BCUT2D eigenvalue weighted by molar-refractivity contribution is 6.89. The Morgan fingerprint density at radius 1 is 0.304 bits per heavy atom. The summed E-state index contributed by atoms with van der Waals surface area (Å²) in [7, 11) is -2.16. The Balaban J connectivity index is 1.72. The van der Waals surface area contributed by atoms with Gasteiger partial charge in [-0.3, -0.25) is 0 Å². The van der Waals surface area contributed by atoms with Crippen molar-refractivity contribution in [2.45, 2.75) is 30.5 Å². The number of hydrogen-bond acceptors (Lipinski definition) is 0. The number of hydrogen-bond donors (Lipinski definition) is 0. The van der Waals surface area contributed by atoms with Gasteiger partial charge >= 0.3 is 0 Å². The van der Waals surface area contributed by atoms with Crippen LogP contribution in [0.1, 0.15) is 55.6 Å². The molecule has 0 saturated heterocycles. The monoisotopic (exact) mass is 734 g/mol. The minimum atomic E-state index is -2.16. The highest BCUT2D eigenvalue weighted by Crippen LogP contribution is 2.54. The summed E-state index contributed by atoms with van der Waals surface area (Å²) in [6, 6.07) is 82.1. The first-order chi connectivity index (χ1) is 27.4. The normalized spacial score (nSPS) is 11.7. The number of rotatable bonds is 9. The molecule has 0 bridgehead atoms. The summed E-state index contributed by atoms with van der Waals surface area (Å²) in [4.78, 5) is 0. The maximum absolute atomic E-state index is 3.86. The van der Waals surface area contributed by atoms with Gasteiger partial charge in [0.25, 0.3) is 0 Å². The Bertz CT molecular complexity index is 2370. The molecular weight excluding hydrogens is 689 g/mol. The van der Waals surface area contributed by atoms with Crippen molar-refractivity contribution >= 4 is 13.3 Å². The zero-order chi connectivity index (χ0) is 38.4. The van der Waals surface area contributed by atoms with Crippen LogP contribution in [0.25, 0.3) is 0 Å². The van der Waals surface area contributed by atoms with E-state index in [9.17, 15) is 0 Å². The number of benzene rings is 8. The molecule has 0 aliphatic rings. The molecule has 0 radical (unpaired) electrons. The lowest BCUT2D eigenvalue weighted by Crippen LogP contribution is -2.50. The molecule has 0 aliphatic carbocycles. The summed E-state index contributed by atoms with van der Waals surface area (Å²) in [5.74, 6) is 7.50. The van der Waals surface area contributed by atoms with Crippen LogP contribution in [0, 0.1) is 11.8 Å². The molecule has 56 heavy (non-hydrogen) atoms. The smallest absolute Gasteiger partial charge is 0.0656 e. The first-order valence-electron chi connectivity index (χ1n) is 19.5. The molecule has 0 heterocycles. The zero-order valence-electron chi connectivity index (χ0n) is 32.4. The van der Waals surface area contributed by atoms with E-state index in [1.165, 1.54) is 49.7 Å². The van der Waals surface area contributed by atoms with Crippen LogP contribution >= 0.6 is 0 Å². The predicted molar refractivity (Wildman–Crippen MR) is 238 cm³/mol. The lowest BCUT2D eigenvalue weighted by Gasteiger charge is -2.47. The minimum Gasteiger partial charge on any atom is -0.0656 e. The standard InChI is InChI=1S/C55H46Si/c1-56(2,3)51-42-41-44(40-39-43-25-11-4-12-26-43)52(54(45-27-13-5-14-28-45,46-29-15-6-16-30-46)47-31-17-7-18-32-47)53(51)55(48-33-19-8-20-34-48,49-35-21-9-22-36-49)50-37-23-10-24-38-50/h4-38,41-42H,1-3H3. The lowest BCUT2D eigenvalue weighted by atomic mass is 9.56. The molecule has 0 fully saturated rings. The first kappa shape index (κ1) is 36.5. The van der Waals surface area contributed by atoms with Crippen LogP contribution in [0.4, 0.5) is 0 Å². The fourth-order valence-corrected chi connectivity index (χ4v) is 10.4. The van der Waals surface area contributed by atoms with E-state index in [4.69, 9.17) is 0 Å². The van der Waals surface area contributed by atoms with Gasteiger partial charge in [-0.2, -0.15) is 0 Å². The van der Waals surface area contributed by atoms with Gasteiger partial charge in [0, 0.05) is 11.1 Å². The van der Waals surface area contributed by atoms with Crippen molar-refractivity contribution < 1.29 is 0 Å². The van der Waals surface area contributed by atoms with Crippen molar-refractivity contribution in [3.8, 4) is 11.8 Å². The van der Waals surface area contributed by atoms with Gasteiger partial charge in [-0.1, -0.05) is 243 Å². The Morgan fingerprint density at radius 3 is 0.893 bits per heavy atom. The molecular formula is C55H46Si. The highest BCUT2D eigenvalue weighted by Gasteiger charge is 2.50. The highest BCUT2D eigenvalue weighted by atomic mass is 28.3. The van der Waals surface area contributed by atoms with Gasteiger partial charge in [-0.25, -0.2) is 0 Å². The van der Waals surface area contributed by atoms with Crippen molar-refractivity contribution in [3.63, 3.8) is 0 Å². The van der Waals surface area contributed by atoms with E-state index in [0.717, 1.165) is 11.1 Å². The second kappa shape index (κ2) is 15.7. The summed E-state index contributed by atoms with van der Waals surface area (Å²) in [6.07, 6.45) is 0. The largest absolute Gasteiger partial charge is 0.0780 e. The minimum absolute atomic E-state index is 0.733. The van der Waals surface area contributed by atoms with Gasteiger partial charge in [0.2, 0.25) is 0 Å². The molecule has 8 aromatic carbocycles. The van der Waals surface area contributed by atoms with Crippen LogP contribution in [0.2, 0.25) is 19.6 Å². The van der Waals surface area contributed by atoms with Crippen LogP contribution in [0.3, 0.4) is 0 Å². The predicted octanol–water partition coefficient (Wildman–Crippen LogP) is 12.4. The summed E-state index contributed by atoms with van der Waals surface area (Å²) in [5, 5.41) is 1.40. The summed E-state index contributed by atoms with van der Waals surface area (Å²) < 4.78 is 0. The average molecular weight is 735 g/mol. The molecule has 0 aromatic heterocycles. The topological polar surface area (TPSA) is 0 Å². The van der Waals surface area contributed by atoms with Crippen LogP contribution in [-0.4, -0.2) is 8.07 Å². The molecule has 8 aromatic rings. The molecule has 0 saturated carbocycles. The fraction of sp³-hybridized carbons (Fsp3) is 0.0909. The Morgan fingerprint density at radius 2 is 0.589 bits per heavy atom. The van der Waals surface area contributed by atoms with E-state index in [2.05, 4.69) is 256 Å². The maximum Gasteiger partial charge on any atom is 0.0780 e. The van der Waals surface area contributed by atoms with Gasteiger partial charge in [-0.15, -0.1) is 0 Å². The van der Waals surface area contributed by atoms with Crippen molar-refractivity contribution in [3.05, 3.63) is 280 Å². The van der Waals surface area contributed by atoms with E-state index in [0.29, 0.717) is 0 Å². The fourth-order valence-electron chi connectivity index (χ4n) is 8.77. The summed E-state index contributed by atoms with van der Waals surface area (Å²) in [6.45, 7) is 7.48. The van der Waals surface area contributed by atoms with Crippen molar-refractivity contribution in [1.82, 2.24) is 0 Å². The molecule has 8 rings (SSSR count). The van der Waals surface area contributed by atoms with E-state index in [-0.39, 0.29) is 0 Å². The van der Waals surface area contributed by atoms with Crippen molar-refractivity contribution in [2.75, 3.05) is 0 Å². The Labute approximate surface area is 334 Å². The van der Waals surface area contributed by atoms with E-state index < -0.39 is 18.9 Å². The van der Waals surface area contributed by atoms with Crippen LogP contribution in [-0.2, 0) is 10.8 Å². The molecule has 0 amide bonds. The van der Waals surface area contributed by atoms with Crippen molar-refractivity contribution in [1.29, 1.82) is 0 Å². The lowest BCUT2D eigenvalue weighted by molar-refractivity contribution is 0.679. The second-order valence-electron chi connectivity index (χ2n) is 15.5. The first-order valence-corrected chi connectivity index (χ1v) is 23.0. The zero-order valence-corrected chi connectivity index (χ0v) is 33.4. The molecule has 270 valence electrons. The average Bonchev–Trinajstić information content (AvgIpc) is 3.26. The molecule has 0 spiro atoms. The third-order valence-electron chi connectivity index (χ3n) is 11.1. The molecule has 0 unspecified atom stereocenters. The molecule has 0 nitrogen and oxygen atoms in total. The molecule has 0 atom stereocenters. The SMILES string of the molecule is C[Si](C)(C)c1ccc(C#Cc2ccccc2)c(C(c2ccccc2)(c2ccccc2)c2ccccc2)c1C(c1ccccc1)(c1ccccc1)c1ccccc1. The van der Waals surface area contributed by atoms with Crippen LogP contribution in [0.5, 0.6) is 0 Å². The van der Waals surface area contributed by atoms with E-state index in [1.807, 2.05) is 0 Å². The van der Waals surface area contributed by atoms with Gasteiger partial charge in [0.1, 0.15) is 0 Å². The Hall–Kier alpha value is -6.46. The van der Waals surface area contributed by atoms with Crippen LogP contribution < -0.4 is 5.19 Å². The quantitative estimate of drug-likeness (QED) is 0.0787. The van der Waals surface area contributed by atoms with E-state index >= 15 is 0 Å². The molecule has 1 heteroatoms. The third-order valence-corrected chi connectivity index (χ3v) is 13.2. The van der Waals surface area contributed by atoms with Gasteiger partial charge < -0.3 is 0 Å². The summed E-state index contributed by atoms with van der Waals surface area (Å²) in [5.41, 5.74) is 10.2. The van der Waals surface area contributed by atoms with Crippen LogP contribution in [0.15, 0.2) is 224 Å². The van der Waals surface area contributed by atoms with E-state index in [1.54, 1.807) is 0 Å². The van der Waals surface area contributed by atoms with Gasteiger partial charge in [-0.05, 0) is 62.7 Å². The molecule has 0 N–H and O–H groups in total. The summed E-state index contributed by atoms with van der Waals surface area (Å²) >= 11 is 0. The second-order valence-corrected chi connectivity index (χ2v) is 20.5. The van der Waals surface area contributed by atoms with Gasteiger partial charge in [0.05, 0.1) is 18.9 Å². The van der Waals surface area contributed by atoms with Crippen molar-refractivity contribution in [2.24, 2.45) is 0 Å². The third kappa shape index (κ3) is 6.53. The maximum atomic E-state index is 3.86.